The molecule has 0 bridgehead atoms. The number of aromatic nitrogens is 3. The fraction of sp³-hybridized carbons (Fsp3) is 0.500. The number of carbonyl (C=O) groups excluding carboxylic acids is 2. The summed E-state index contributed by atoms with van der Waals surface area (Å²) in [5, 5.41) is 10.5. The number of fused-ring (bicyclic) bond motifs is 1. The lowest BCUT2D eigenvalue weighted by Gasteiger charge is -2.33. The number of carbonyl (C=O) groups is 2. The Bertz CT molecular complexity index is 857. The molecule has 1 aromatic carbocycles. The van der Waals surface area contributed by atoms with Crippen molar-refractivity contribution in [3.8, 4) is 0 Å². The Balaban J connectivity index is 1.93. The Kier molecular flexibility index (Phi) is 5.70. The van der Waals surface area contributed by atoms with Gasteiger partial charge in [-0.2, -0.15) is 0 Å². The number of likely N-dealkylation sites (tertiary alicyclic amines) is 1. The van der Waals surface area contributed by atoms with Crippen molar-refractivity contribution in [1.82, 2.24) is 25.2 Å². The number of rotatable bonds is 7. The van der Waals surface area contributed by atoms with Crippen LogP contribution in [0, 0.1) is 0 Å². The SMILES string of the molecule is C=CCN1CCCC1CN(C(=O)c1cc2nn[nH]c2cc1C(C)=O)C(C)C. The maximum Gasteiger partial charge on any atom is 0.254 e. The number of H-pyrrole nitrogens is 1. The molecule has 1 fully saturated rings. The standard InChI is InChI=1S/C20H27N5O2/c1-5-8-24-9-6-7-15(24)12-25(13(2)3)20(27)17-11-19-18(21-23-22-19)10-16(17)14(4)26/h5,10-11,13,15H,1,6-9,12H2,2-4H3,(H,21,22,23). The van der Waals surface area contributed by atoms with Gasteiger partial charge in [0.15, 0.2) is 5.78 Å². The van der Waals surface area contributed by atoms with E-state index in [4.69, 9.17) is 0 Å². The zero-order valence-corrected chi connectivity index (χ0v) is 16.2. The van der Waals surface area contributed by atoms with Crippen molar-refractivity contribution in [3.05, 3.63) is 35.9 Å². The van der Waals surface area contributed by atoms with E-state index >= 15 is 0 Å². The van der Waals surface area contributed by atoms with Crippen LogP contribution in [0.15, 0.2) is 24.8 Å². The van der Waals surface area contributed by atoms with Crippen LogP contribution in [0.4, 0.5) is 0 Å². The van der Waals surface area contributed by atoms with Gasteiger partial charge in [0.05, 0.1) is 11.1 Å². The number of nitrogens with zero attached hydrogens (tertiary/aromatic N) is 4. The second-order valence-corrected chi connectivity index (χ2v) is 7.41. The summed E-state index contributed by atoms with van der Waals surface area (Å²) < 4.78 is 0. The molecule has 27 heavy (non-hydrogen) atoms. The van der Waals surface area contributed by atoms with Crippen molar-refractivity contribution in [2.24, 2.45) is 0 Å². The zero-order chi connectivity index (χ0) is 19.6. The summed E-state index contributed by atoms with van der Waals surface area (Å²) in [5.74, 6) is -0.279. The Morgan fingerprint density at radius 1 is 1.41 bits per heavy atom. The van der Waals surface area contributed by atoms with Crippen molar-refractivity contribution < 1.29 is 9.59 Å². The summed E-state index contributed by atoms with van der Waals surface area (Å²) in [7, 11) is 0. The molecule has 0 aliphatic carbocycles. The first kappa shape index (κ1) is 19.2. The average Bonchev–Trinajstić information content (AvgIpc) is 3.26. The summed E-state index contributed by atoms with van der Waals surface area (Å²) in [6.45, 7) is 11.8. The molecule has 2 heterocycles. The van der Waals surface area contributed by atoms with Crippen LogP contribution in [0.5, 0.6) is 0 Å². The van der Waals surface area contributed by atoms with Crippen molar-refractivity contribution in [2.45, 2.75) is 45.7 Å². The number of hydrogen-bond acceptors (Lipinski definition) is 5. The maximum atomic E-state index is 13.4. The molecule has 2 aromatic rings. The molecule has 1 aromatic heterocycles. The van der Waals surface area contributed by atoms with E-state index in [0.29, 0.717) is 34.7 Å². The van der Waals surface area contributed by atoms with E-state index in [1.54, 1.807) is 12.1 Å². The summed E-state index contributed by atoms with van der Waals surface area (Å²) in [5.41, 5.74) is 2.03. The molecule has 1 saturated heterocycles. The highest BCUT2D eigenvalue weighted by Gasteiger charge is 2.30. The first-order valence-corrected chi connectivity index (χ1v) is 9.44. The van der Waals surface area contributed by atoms with Crippen LogP contribution in [-0.2, 0) is 0 Å². The third-order valence-electron chi connectivity index (χ3n) is 5.23. The van der Waals surface area contributed by atoms with Gasteiger partial charge in [-0.1, -0.05) is 11.3 Å². The van der Waals surface area contributed by atoms with Crippen LogP contribution >= 0.6 is 0 Å². The van der Waals surface area contributed by atoms with Crippen LogP contribution in [0.2, 0.25) is 0 Å². The minimum absolute atomic E-state index is 0.0245. The molecule has 7 nitrogen and oxygen atoms in total. The van der Waals surface area contributed by atoms with Crippen molar-refractivity contribution in [3.63, 3.8) is 0 Å². The Morgan fingerprint density at radius 2 is 2.19 bits per heavy atom. The fourth-order valence-corrected chi connectivity index (χ4v) is 3.78. The maximum absolute atomic E-state index is 13.4. The second kappa shape index (κ2) is 8.00. The Morgan fingerprint density at radius 3 is 2.85 bits per heavy atom. The third kappa shape index (κ3) is 3.93. The number of nitrogens with one attached hydrogen (secondary N) is 1. The highest BCUT2D eigenvalue weighted by molar-refractivity contribution is 6.09. The minimum atomic E-state index is -0.146. The van der Waals surface area contributed by atoms with Gasteiger partial charge in [0, 0.05) is 30.7 Å². The number of Topliss-reactive ketones (excluding diaryl/α,β-unsaturated/α-hetero) is 1. The van der Waals surface area contributed by atoms with E-state index in [1.807, 2.05) is 24.8 Å². The van der Waals surface area contributed by atoms with E-state index < -0.39 is 0 Å². The molecule has 1 aliphatic rings. The van der Waals surface area contributed by atoms with Gasteiger partial charge < -0.3 is 4.90 Å². The fourth-order valence-electron chi connectivity index (χ4n) is 3.78. The smallest absolute Gasteiger partial charge is 0.254 e. The molecule has 1 N–H and O–H groups in total. The molecule has 1 unspecified atom stereocenters. The molecule has 144 valence electrons. The number of ketones is 1. The minimum Gasteiger partial charge on any atom is -0.335 e. The lowest BCUT2D eigenvalue weighted by molar-refractivity contribution is 0.0647. The predicted molar refractivity (Wildman–Crippen MR) is 105 cm³/mol. The molecular formula is C20H27N5O2. The molecule has 0 radical (unpaired) electrons. The van der Waals surface area contributed by atoms with Gasteiger partial charge in [-0.25, -0.2) is 0 Å². The van der Waals surface area contributed by atoms with Gasteiger partial charge >= 0.3 is 0 Å². The van der Waals surface area contributed by atoms with Crippen molar-refractivity contribution in [2.75, 3.05) is 19.6 Å². The first-order chi connectivity index (χ1) is 12.9. The highest BCUT2D eigenvalue weighted by atomic mass is 16.2. The molecule has 3 rings (SSSR count). The van der Waals surface area contributed by atoms with Crippen molar-refractivity contribution in [1.29, 1.82) is 0 Å². The molecule has 1 atom stereocenters. The van der Waals surface area contributed by atoms with Crippen molar-refractivity contribution >= 4 is 22.7 Å². The van der Waals surface area contributed by atoms with Crippen LogP contribution in [0.25, 0.3) is 11.0 Å². The van der Waals surface area contributed by atoms with E-state index in [-0.39, 0.29) is 17.7 Å². The van der Waals surface area contributed by atoms with Crippen LogP contribution in [0.1, 0.15) is 54.3 Å². The summed E-state index contributed by atoms with van der Waals surface area (Å²) in [6.07, 6.45) is 4.10. The number of benzene rings is 1. The Labute approximate surface area is 159 Å². The van der Waals surface area contributed by atoms with Crippen LogP contribution in [-0.4, -0.2) is 68.6 Å². The van der Waals surface area contributed by atoms with Gasteiger partial charge in [-0.3, -0.25) is 19.6 Å². The largest absolute Gasteiger partial charge is 0.335 e. The van der Waals surface area contributed by atoms with E-state index in [9.17, 15) is 9.59 Å². The van der Waals surface area contributed by atoms with Gasteiger partial charge in [0.25, 0.3) is 5.91 Å². The summed E-state index contributed by atoms with van der Waals surface area (Å²) in [4.78, 5) is 29.8. The number of amides is 1. The van der Waals surface area contributed by atoms with E-state index in [0.717, 1.165) is 25.9 Å². The number of hydrogen-bond donors (Lipinski definition) is 1. The molecule has 1 amide bonds. The van der Waals surface area contributed by atoms with Crippen LogP contribution < -0.4 is 0 Å². The first-order valence-electron chi connectivity index (χ1n) is 9.44. The molecule has 0 spiro atoms. The van der Waals surface area contributed by atoms with Gasteiger partial charge in [-0.05, 0) is 52.3 Å². The van der Waals surface area contributed by atoms with E-state index in [2.05, 4.69) is 26.9 Å². The number of aromatic amines is 1. The molecule has 0 saturated carbocycles. The topological polar surface area (TPSA) is 82.2 Å². The Hall–Kier alpha value is -2.54. The molecule has 7 heteroatoms. The lowest BCUT2D eigenvalue weighted by atomic mass is 10.0. The van der Waals surface area contributed by atoms with Crippen LogP contribution in [0.3, 0.4) is 0 Å². The average molecular weight is 369 g/mol. The monoisotopic (exact) mass is 369 g/mol. The summed E-state index contributed by atoms with van der Waals surface area (Å²) >= 11 is 0. The lowest BCUT2D eigenvalue weighted by Crippen LogP contribution is -2.46. The normalized spacial score (nSPS) is 17.6. The summed E-state index contributed by atoms with van der Waals surface area (Å²) in [6, 6.07) is 3.68. The molecular weight excluding hydrogens is 342 g/mol. The molecule has 1 aliphatic heterocycles. The third-order valence-corrected chi connectivity index (χ3v) is 5.23. The highest BCUT2D eigenvalue weighted by Crippen LogP contribution is 2.23. The second-order valence-electron chi connectivity index (χ2n) is 7.41. The predicted octanol–water partition coefficient (Wildman–Crippen LogP) is 2.66. The zero-order valence-electron chi connectivity index (χ0n) is 16.2. The van der Waals surface area contributed by atoms with E-state index in [1.165, 1.54) is 6.92 Å². The van der Waals surface area contributed by atoms with Gasteiger partial charge in [0.1, 0.15) is 5.52 Å². The quantitative estimate of drug-likeness (QED) is 0.599. The van der Waals surface area contributed by atoms with Gasteiger partial charge in [0.2, 0.25) is 0 Å². The van der Waals surface area contributed by atoms with Gasteiger partial charge in [-0.15, -0.1) is 11.7 Å².